The molecule has 2 amide bonds. The first-order valence-corrected chi connectivity index (χ1v) is 14.4. The van der Waals surface area contributed by atoms with Gasteiger partial charge in [0.15, 0.2) is 0 Å². The Labute approximate surface area is 251 Å². The summed E-state index contributed by atoms with van der Waals surface area (Å²) in [6, 6.07) is 13.6. The number of anilines is 1. The van der Waals surface area contributed by atoms with E-state index in [9.17, 15) is 28.6 Å². The lowest BCUT2D eigenvalue weighted by Crippen LogP contribution is -2.51. The second kappa shape index (κ2) is 16.0. The van der Waals surface area contributed by atoms with E-state index in [0.29, 0.717) is 35.7 Å². The van der Waals surface area contributed by atoms with Gasteiger partial charge in [-0.2, -0.15) is 0 Å². The predicted octanol–water partition coefficient (Wildman–Crippen LogP) is 4.72. The van der Waals surface area contributed by atoms with Gasteiger partial charge in [0.2, 0.25) is 0 Å². The molecule has 3 rings (SSSR count). The van der Waals surface area contributed by atoms with Crippen LogP contribution in [0.2, 0.25) is 0 Å². The van der Waals surface area contributed by atoms with Crippen LogP contribution in [-0.2, 0) is 6.42 Å². The maximum Gasteiger partial charge on any atom is 0.253 e. The van der Waals surface area contributed by atoms with Gasteiger partial charge in [0.05, 0.1) is 19.3 Å². The largest absolute Gasteiger partial charge is 0.497 e. The molecule has 43 heavy (non-hydrogen) atoms. The van der Waals surface area contributed by atoms with E-state index in [2.05, 4.69) is 10.6 Å². The van der Waals surface area contributed by atoms with Crippen molar-refractivity contribution in [3.63, 3.8) is 0 Å². The molecule has 232 valence electrons. The summed E-state index contributed by atoms with van der Waals surface area (Å²) in [7, 11) is 1.53. The third-order valence-corrected chi connectivity index (χ3v) is 6.95. The molecule has 0 aliphatic rings. The number of hydrogen-bond donors (Lipinski definition) is 4. The fourth-order valence-corrected chi connectivity index (χ4v) is 4.91. The van der Waals surface area contributed by atoms with Crippen molar-refractivity contribution in [2.45, 2.75) is 58.3 Å². The molecule has 4 N–H and O–H groups in total. The summed E-state index contributed by atoms with van der Waals surface area (Å²) in [5, 5.41) is 27.8. The van der Waals surface area contributed by atoms with Crippen LogP contribution in [0.5, 0.6) is 5.75 Å². The Balaban J connectivity index is 1.85. The maximum absolute atomic E-state index is 14.0. The van der Waals surface area contributed by atoms with Crippen LogP contribution in [0.4, 0.5) is 14.5 Å². The molecule has 0 saturated carbocycles. The quantitative estimate of drug-likeness (QED) is 0.202. The number of benzene rings is 3. The third kappa shape index (κ3) is 9.76. The van der Waals surface area contributed by atoms with Crippen LogP contribution in [0.15, 0.2) is 60.7 Å². The highest BCUT2D eigenvalue weighted by Gasteiger charge is 2.29. The van der Waals surface area contributed by atoms with E-state index in [1.54, 1.807) is 48.2 Å². The minimum atomic E-state index is -1.52. The number of nitrogens with zero attached hydrogens (tertiary/aromatic N) is 1. The number of aliphatic hydroxyl groups is 2. The van der Waals surface area contributed by atoms with Crippen molar-refractivity contribution in [1.82, 2.24) is 10.2 Å². The van der Waals surface area contributed by atoms with Crippen molar-refractivity contribution in [1.29, 1.82) is 0 Å². The second-order valence-corrected chi connectivity index (χ2v) is 10.6. The van der Waals surface area contributed by atoms with Crippen molar-refractivity contribution in [2.24, 2.45) is 0 Å². The Kier molecular flexibility index (Phi) is 12.5. The minimum absolute atomic E-state index is 0.0913. The van der Waals surface area contributed by atoms with Crippen molar-refractivity contribution >= 4 is 17.5 Å². The number of halogens is 2. The summed E-state index contributed by atoms with van der Waals surface area (Å²) in [4.78, 5) is 28.5. The number of ether oxygens (including phenoxy) is 1. The summed E-state index contributed by atoms with van der Waals surface area (Å²) < 4.78 is 33.2. The molecule has 0 fully saturated rings. The molecule has 10 heteroatoms. The number of amides is 2. The molecule has 8 nitrogen and oxygen atoms in total. The first-order chi connectivity index (χ1) is 20.5. The Hall–Kier alpha value is -4.02. The summed E-state index contributed by atoms with van der Waals surface area (Å²) in [6.45, 7) is 6.83. The third-order valence-electron chi connectivity index (χ3n) is 6.95. The van der Waals surface area contributed by atoms with Crippen molar-refractivity contribution in [2.75, 3.05) is 32.1 Å². The number of aliphatic hydroxyl groups excluding tert-OH is 2. The zero-order valence-electron chi connectivity index (χ0n) is 25.1. The number of hydrogen-bond acceptors (Lipinski definition) is 6. The molecule has 0 aromatic heterocycles. The van der Waals surface area contributed by atoms with Gasteiger partial charge in [-0.15, -0.1) is 0 Å². The molecule has 0 spiro atoms. The molecular weight excluding hydrogens is 556 g/mol. The van der Waals surface area contributed by atoms with Gasteiger partial charge in [0, 0.05) is 48.6 Å². The number of nitrogens with one attached hydrogen (secondary N) is 2. The average Bonchev–Trinajstić information content (AvgIpc) is 2.97. The Morgan fingerprint density at radius 3 is 2.21 bits per heavy atom. The van der Waals surface area contributed by atoms with Gasteiger partial charge < -0.3 is 30.5 Å². The molecule has 0 aliphatic heterocycles. The summed E-state index contributed by atoms with van der Waals surface area (Å²) in [5.41, 5.74) is 2.05. The van der Waals surface area contributed by atoms with Crippen LogP contribution in [0.3, 0.4) is 0 Å². The molecular formula is C33H41F2N3O5. The van der Waals surface area contributed by atoms with Gasteiger partial charge in [0.25, 0.3) is 11.8 Å². The Bertz CT molecular complexity index is 1360. The molecule has 0 radical (unpaired) electrons. The average molecular weight is 598 g/mol. The summed E-state index contributed by atoms with van der Waals surface area (Å²) in [5.74, 6) is -1.81. The number of carbonyl (C=O) groups is 2. The molecule has 3 aromatic carbocycles. The summed E-state index contributed by atoms with van der Waals surface area (Å²) in [6.07, 6.45) is -1.48. The fourth-order valence-electron chi connectivity index (χ4n) is 4.91. The standard InChI is InChI=1S/C33H41F2N3O5/c1-5-10-38(11-6-2)33(42)24-13-21(3)12-23(17-24)32(41)37-29(16-22-14-25(34)18-26(35)15-22)31(40)30(39)20-36-27-8-7-9-28(19-27)43-4/h7-9,12-15,17-19,29-31,36,39-40H,5-6,10-11,16,20H2,1-4H3,(H,37,41)/t29?,30-,31+/m1/s1. The lowest BCUT2D eigenvalue weighted by molar-refractivity contribution is 0.00408. The van der Waals surface area contributed by atoms with Gasteiger partial charge in [-0.1, -0.05) is 19.9 Å². The Morgan fingerprint density at radius 2 is 1.58 bits per heavy atom. The van der Waals surface area contributed by atoms with Crippen LogP contribution in [-0.4, -0.2) is 71.9 Å². The van der Waals surface area contributed by atoms with E-state index >= 15 is 0 Å². The van der Waals surface area contributed by atoms with E-state index in [1.807, 2.05) is 13.8 Å². The van der Waals surface area contributed by atoms with E-state index in [4.69, 9.17) is 4.74 Å². The van der Waals surface area contributed by atoms with Gasteiger partial charge in [-0.25, -0.2) is 8.78 Å². The van der Waals surface area contributed by atoms with E-state index in [-0.39, 0.29) is 30.0 Å². The predicted molar refractivity (Wildman–Crippen MR) is 162 cm³/mol. The van der Waals surface area contributed by atoms with Gasteiger partial charge in [0.1, 0.15) is 23.5 Å². The first kappa shape index (κ1) is 33.5. The van der Waals surface area contributed by atoms with Crippen LogP contribution in [0.25, 0.3) is 0 Å². The maximum atomic E-state index is 14.0. The highest BCUT2D eigenvalue weighted by molar-refractivity contribution is 6.00. The molecule has 0 heterocycles. The normalized spacial score (nSPS) is 13.1. The van der Waals surface area contributed by atoms with Crippen molar-refractivity contribution in [3.8, 4) is 5.75 Å². The zero-order chi connectivity index (χ0) is 31.5. The molecule has 1 unspecified atom stereocenters. The van der Waals surface area contributed by atoms with Crippen LogP contribution >= 0.6 is 0 Å². The molecule has 3 atom stereocenters. The monoisotopic (exact) mass is 597 g/mol. The van der Waals surface area contributed by atoms with Crippen molar-refractivity contribution in [3.05, 3.63) is 94.6 Å². The topological polar surface area (TPSA) is 111 Å². The highest BCUT2D eigenvalue weighted by Crippen LogP contribution is 2.19. The molecule has 3 aromatic rings. The number of rotatable bonds is 15. The first-order valence-electron chi connectivity index (χ1n) is 14.4. The van der Waals surface area contributed by atoms with E-state index in [0.717, 1.165) is 31.0 Å². The van der Waals surface area contributed by atoms with E-state index in [1.165, 1.54) is 13.2 Å². The molecule has 0 bridgehead atoms. The number of methoxy groups -OCH3 is 1. The Morgan fingerprint density at radius 1 is 0.930 bits per heavy atom. The minimum Gasteiger partial charge on any atom is -0.497 e. The number of aryl methyl sites for hydroxylation is 1. The van der Waals surface area contributed by atoms with Gasteiger partial charge in [-0.3, -0.25) is 9.59 Å². The van der Waals surface area contributed by atoms with Gasteiger partial charge >= 0.3 is 0 Å². The van der Waals surface area contributed by atoms with Crippen LogP contribution < -0.4 is 15.4 Å². The second-order valence-electron chi connectivity index (χ2n) is 10.6. The molecule has 0 saturated heterocycles. The zero-order valence-corrected chi connectivity index (χ0v) is 25.1. The lowest BCUT2D eigenvalue weighted by Gasteiger charge is -2.28. The van der Waals surface area contributed by atoms with Crippen molar-refractivity contribution < 1.29 is 33.3 Å². The summed E-state index contributed by atoms with van der Waals surface area (Å²) >= 11 is 0. The number of carbonyl (C=O) groups excluding carboxylic acids is 2. The van der Waals surface area contributed by atoms with Crippen LogP contribution in [0, 0.1) is 18.6 Å². The fraction of sp³-hybridized carbons (Fsp3) is 0.394. The highest BCUT2D eigenvalue weighted by atomic mass is 19.1. The molecule has 0 aliphatic carbocycles. The SMILES string of the molecule is CCCN(CCC)C(=O)c1cc(C)cc(C(=O)NC(Cc2cc(F)cc(F)c2)[C@H](O)[C@H](O)CNc2cccc(OC)c2)c1. The van der Waals surface area contributed by atoms with Crippen LogP contribution in [0.1, 0.15) is 58.5 Å². The lowest BCUT2D eigenvalue weighted by atomic mass is 9.96. The van der Waals surface area contributed by atoms with Gasteiger partial charge in [-0.05, 0) is 79.8 Å². The smallest absolute Gasteiger partial charge is 0.253 e. The van der Waals surface area contributed by atoms with E-state index < -0.39 is 35.8 Å².